The Morgan fingerprint density at radius 2 is 1.83 bits per heavy atom. The maximum atomic E-state index is 12.5. The standard InChI is InChI=1S/C21H22N4O3S/c1-14(26)17-8-10-18(11-9-17)22-19(27)15(2)29-21-24-23-20(28)25(21)13-12-16-6-4-3-5-7-16/h3-11,15H,12-13H2,1-2H3,(H,22,27)(H,23,28). The van der Waals surface area contributed by atoms with Crippen molar-refractivity contribution in [2.75, 3.05) is 5.32 Å². The number of aryl methyl sites for hydroxylation is 1. The zero-order valence-corrected chi connectivity index (χ0v) is 17.0. The van der Waals surface area contributed by atoms with E-state index < -0.39 is 5.25 Å². The molecule has 0 aliphatic heterocycles. The first kappa shape index (κ1) is 20.6. The lowest BCUT2D eigenvalue weighted by Gasteiger charge is -2.12. The molecule has 3 aromatic rings. The topological polar surface area (TPSA) is 96.8 Å². The highest BCUT2D eigenvalue weighted by atomic mass is 32.2. The zero-order valence-electron chi connectivity index (χ0n) is 16.2. The number of H-pyrrole nitrogens is 1. The number of rotatable bonds is 8. The highest BCUT2D eigenvalue weighted by Crippen LogP contribution is 2.22. The molecule has 1 heterocycles. The van der Waals surface area contributed by atoms with Crippen LogP contribution < -0.4 is 11.0 Å². The van der Waals surface area contributed by atoms with Crippen molar-refractivity contribution in [1.29, 1.82) is 0 Å². The number of benzene rings is 2. The molecule has 0 bridgehead atoms. The number of carbonyl (C=O) groups excluding carboxylic acids is 2. The number of aromatic nitrogens is 3. The third-order valence-corrected chi connectivity index (χ3v) is 5.49. The van der Waals surface area contributed by atoms with Gasteiger partial charge in [0.15, 0.2) is 10.9 Å². The van der Waals surface area contributed by atoms with E-state index in [1.807, 2.05) is 30.3 Å². The van der Waals surface area contributed by atoms with E-state index in [4.69, 9.17) is 0 Å². The van der Waals surface area contributed by atoms with E-state index in [1.54, 1.807) is 35.8 Å². The van der Waals surface area contributed by atoms with Gasteiger partial charge in [-0.25, -0.2) is 9.89 Å². The summed E-state index contributed by atoms with van der Waals surface area (Å²) in [6.45, 7) is 3.72. The molecule has 7 nitrogen and oxygen atoms in total. The quantitative estimate of drug-likeness (QED) is 0.439. The number of carbonyl (C=O) groups is 2. The molecule has 0 spiro atoms. The van der Waals surface area contributed by atoms with Crippen molar-refractivity contribution in [3.8, 4) is 0 Å². The van der Waals surface area contributed by atoms with Gasteiger partial charge in [0.05, 0.1) is 5.25 Å². The molecule has 1 aromatic heterocycles. The van der Waals surface area contributed by atoms with Crippen molar-refractivity contribution in [2.45, 2.75) is 37.2 Å². The number of nitrogens with one attached hydrogen (secondary N) is 2. The van der Waals surface area contributed by atoms with E-state index in [0.717, 1.165) is 5.56 Å². The van der Waals surface area contributed by atoms with E-state index in [2.05, 4.69) is 15.5 Å². The average Bonchev–Trinajstić information content (AvgIpc) is 3.06. The van der Waals surface area contributed by atoms with E-state index in [9.17, 15) is 14.4 Å². The number of thioether (sulfide) groups is 1. The number of nitrogens with zero attached hydrogens (tertiary/aromatic N) is 2. The predicted molar refractivity (Wildman–Crippen MR) is 113 cm³/mol. The van der Waals surface area contributed by atoms with Crippen LogP contribution in [0, 0.1) is 0 Å². The summed E-state index contributed by atoms with van der Waals surface area (Å²) < 4.78 is 1.54. The fourth-order valence-electron chi connectivity index (χ4n) is 2.72. The molecule has 2 aromatic carbocycles. The van der Waals surface area contributed by atoms with Crippen LogP contribution in [-0.2, 0) is 17.8 Å². The van der Waals surface area contributed by atoms with Crippen molar-refractivity contribution in [3.63, 3.8) is 0 Å². The first-order valence-corrected chi connectivity index (χ1v) is 10.1. The van der Waals surface area contributed by atoms with Gasteiger partial charge in [0.2, 0.25) is 5.91 Å². The molecular weight excluding hydrogens is 388 g/mol. The predicted octanol–water partition coefficient (Wildman–Crippen LogP) is 3.14. The Morgan fingerprint density at radius 1 is 1.14 bits per heavy atom. The van der Waals surface area contributed by atoms with Gasteiger partial charge in [-0.15, -0.1) is 5.10 Å². The molecule has 8 heteroatoms. The highest BCUT2D eigenvalue weighted by Gasteiger charge is 2.19. The lowest BCUT2D eigenvalue weighted by Crippen LogP contribution is -2.24. The molecular formula is C21H22N4O3S. The minimum Gasteiger partial charge on any atom is -0.325 e. The second kappa shape index (κ2) is 9.38. The van der Waals surface area contributed by atoms with Gasteiger partial charge in [-0.3, -0.25) is 14.2 Å². The highest BCUT2D eigenvalue weighted by molar-refractivity contribution is 8.00. The molecule has 3 rings (SSSR count). The Hall–Kier alpha value is -3.13. The van der Waals surface area contributed by atoms with Crippen molar-refractivity contribution < 1.29 is 9.59 Å². The van der Waals surface area contributed by atoms with Gasteiger partial charge in [-0.2, -0.15) is 0 Å². The van der Waals surface area contributed by atoms with E-state index in [0.29, 0.717) is 29.4 Å². The number of ketones is 1. The Labute approximate surface area is 172 Å². The number of aromatic amines is 1. The van der Waals surface area contributed by atoms with E-state index in [1.165, 1.54) is 18.7 Å². The summed E-state index contributed by atoms with van der Waals surface area (Å²) in [5, 5.41) is 9.34. The first-order chi connectivity index (χ1) is 13.9. The summed E-state index contributed by atoms with van der Waals surface area (Å²) in [5.41, 5.74) is 2.02. The number of hydrogen-bond donors (Lipinski definition) is 2. The van der Waals surface area contributed by atoms with Gasteiger partial charge < -0.3 is 5.32 Å². The van der Waals surface area contributed by atoms with E-state index in [-0.39, 0.29) is 17.4 Å². The summed E-state index contributed by atoms with van der Waals surface area (Å²) in [7, 11) is 0. The first-order valence-electron chi connectivity index (χ1n) is 9.21. The van der Waals surface area contributed by atoms with Crippen LogP contribution >= 0.6 is 11.8 Å². The minimum atomic E-state index is -0.465. The normalized spacial score (nSPS) is 11.8. The SMILES string of the molecule is CC(=O)c1ccc(NC(=O)C(C)Sc2n[nH]c(=O)n2CCc2ccccc2)cc1. The van der Waals surface area contributed by atoms with Gasteiger partial charge in [0, 0.05) is 17.8 Å². The number of amides is 1. The Bertz CT molecular complexity index is 1040. The number of anilines is 1. The fourth-order valence-corrected chi connectivity index (χ4v) is 3.60. The molecule has 0 aliphatic carbocycles. The van der Waals surface area contributed by atoms with Crippen LogP contribution in [0.2, 0.25) is 0 Å². The summed E-state index contributed by atoms with van der Waals surface area (Å²) in [5.74, 6) is -0.241. The zero-order chi connectivity index (χ0) is 20.8. The summed E-state index contributed by atoms with van der Waals surface area (Å²) in [6, 6.07) is 16.6. The third kappa shape index (κ3) is 5.45. The van der Waals surface area contributed by atoms with Gasteiger partial charge in [0.1, 0.15) is 0 Å². The lowest BCUT2D eigenvalue weighted by atomic mass is 10.1. The molecule has 150 valence electrons. The van der Waals surface area contributed by atoms with Gasteiger partial charge >= 0.3 is 5.69 Å². The third-order valence-electron chi connectivity index (χ3n) is 4.40. The minimum absolute atomic E-state index is 0.0289. The molecule has 0 saturated carbocycles. The van der Waals surface area contributed by atoms with Crippen molar-refractivity contribution >= 4 is 29.1 Å². The molecule has 1 atom stereocenters. The summed E-state index contributed by atoms with van der Waals surface area (Å²) >= 11 is 1.22. The Morgan fingerprint density at radius 3 is 2.48 bits per heavy atom. The fraction of sp³-hybridized carbons (Fsp3) is 0.238. The van der Waals surface area contributed by atoms with Crippen LogP contribution in [0.15, 0.2) is 64.5 Å². The van der Waals surface area contributed by atoms with Crippen LogP contribution in [0.4, 0.5) is 5.69 Å². The van der Waals surface area contributed by atoms with Crippen LogP contribution in [0.1, 0.15) is 29.8 Å². The van der Waals surface area contributed by atoms with Gasteiger partial charge in [-0.1, -0.05) is 42.1 Å². The van der Waals surface area contributed by atoms with Crippen molar-refractivity contribution in [2.24, 2.45) is 0 Å². The van der Waals surface area contributed by atoms with Crippen LogP contribution in [-0.4, -0.2) is 31.7 Å². The number of hydrogen-bond acceptors (Lipinski definition) is 5. The number of Topliss-reactive ketones (excluding diaryl/α,β-unsaturated/α-hetero) is 1. The lowest BCUT2D eigenvalue weighted by molar-refractivity contribution is -0.115. The summed E-state index contributed by atoms with van der Waals surface area (Å²) in [4.78, 5) is 35.9. The second-order valence-electron chi connectivity index (χ2n) is 6.58. The monoisotopic (exact) mass is 410 g/mol. The van der Waals surface area contributed by atoms with Crippen molar-refractivity contribution in [1.82, 2.24) is 14.8 Å². The molecule has 1 unspecified atom stereocenters. The average molecular weight is 410 g/mol. The van der Waals surface area contributed by atoms with E-state index >= 15 is 0 Å². The molecule has 0 aliphatic rings. The molecule has 0 fully saturated rings. The van der Waals surface area contributed by atoms with Crippen LogP contribution in [0.5, 0.6) is 0 Å². The molecule has 29 heavy (non-hydrogen) atoms. The molecule has 0 radical (unpaired) electrons. The maximum Gasteiger partial charge on any atom is 0.343 e. The Balaban J connectivity index is 1.62. The molecule has 0 saturated heterocycles. The summed E-state index contributed by atoms with van der Waals surface area (Å²) in [6.07, 6.45) is 0.691. The second-order valence-corrected chi connectivity index (χ2v) is 7.89. The largest absolute Gasteiger partial charge is 0.343 e. The van der Waals surface area contributed by atoms with Gasteiger partial charge in [-0.05, 0) is 50.1 Å². The molecule has 1 amide bonds. The van der Waals surface area contributed by atoms with Crippen LogP contribution in [0.25, 0.3) is 0 Å². The smallest absolute Gasteiger partial charge is 0.325 e. The molecule has 2 N–H and O–H groups in total. The maximum absolute atomic E-state index is 12.5. The Kier molecular flexibility index (Phi) is 6.66. The van der Waals surface area contributed by atoms with Gasteiger partial charge in [0.25, 0.3) is 0 Å². The van der Waals surface area contributed by atoms with Crippen molar-refractivity contribution in [3.05, 3.63) is 76.2 Å². The van der Waals surface area contributed by atoms with Crippen LogP contribution in [0.3, 0.4) is 0 Å².